The summed E-state index contributed by atoms with van der Waals surface area (Å²) in [4.78, 5) is 3.89. The van der Waals surface area contributed by atoms with Crippen molar-refractivity contribution in [2.24, 2.45) is 5.41 Å². The predicted molar refractivity (Wildman–Crippen MR) is 70.8 cm³/mol. The number of rotatable bonds is 4. The molecule has 1 aromatic heterocycles. The lowest BCUT2D eigenvalue weighted by Gasteiger charge is -2.28. The highest BCUT2D eigenvalue weighted by molar-refractivity contribution is 5.43. The van der Waals surface area contributed by atoms with E-state index in [4.69, 9.17) is 0 Å². The molecule has 1 atom stereocenters. The van der Waals surface area contributed by atoms with E-state index >= 15 is 0 Å². The van der Waals surface area contributed by atoms with E-state index in [2.05, 4.69) is 28.9 Å². The smallest absolute Gasteiger partial charge is 0.422 e. The van der Waals surface area contributed by atoms with Crippen molar-refractivity contribution in [3.63, 3.8) is 0 Å². The van der Waals surface area contributed by atoms with E-state index in [1.165, 1.54) is 25.1 Å². The summed E-state index contributed by atoms with van der Waals surface area (Å²) in [6.07, 6.45) is 0.627. The molecule has 0 aromatic carbocycles. The van der Waals surface area contributed by atoms with Gasteiger partial charge in [-0.2, -0.15) is 13.2 Å². The standard InChI is InChI=1S/C14H19F3N2O/c1-13(2)7-3-4-11(13)19-10-5-6-12(18-8-10)20-9-14(15,16)17/h5-6,8,11,19H,3-4,7,9H2,1-2H3. The van der Waals surface area contributed by atoms with Gasteiger partial charge in [-0.1, -0.05) is 20.3 Å². The highest BCUT2D eigenvalue weighted by Crippen LogP contribution is 2.38. The molecule has 1 aromatic rings. The molecule has 0 aliphatic heterocycles. The summed E-state index contributed by atoms with van der Waals surface area (Å²) in [6, 6.07) is 3.52. The highest BCUT2D eigenvalue weighted by Gasteiger charge is 2.34. The summed E-state index contributed by atoms with van der Waals surface area (Å²) in [5, 5.41) is 3.39. The van der Waals surface area contributed by atoms with Gasteiger partial charge in [0.15, 0.2) is 6.61 Å². The Morgan fingerprint density at radius 3 is 2.65 bits per heavy atom. The van der Waals surface area contributed by atoms with Gasteiger partial charge < -0.3 is 10.1 Å². The minimum atomic E-state index is -4.34. The number of ether oxygens (including phenoxy) is 1. The zero-order valence-corrected chi connectivity index (χ0v) is 11.6. The zero-order valence-electron chi connectivity index (χ0n) is 11.6. The maximum Gasteiger partial charge on any atom is 0.422 e. The van der Waals surface area contributed by atoms with E-state index in [-0.39, 0.29) is 11.3 Å². The second kappa shape index (κ2) is 5.50. The molecule has 0 saturated heterocycles. The molecule has 0 radical (unpaired) electrons. The van der Waals surface area contributed by atoms with Crippen molar-refractivity contribution in [1.29, 1.82) is 0 Å². The molecule has 1 saturated carbocycles. The average molecular weight is 288 g/mol. The van der Waals surface area contributed by atoms with Crippen LogP contribution in [0, 0.1) is 5.41 Å². The molecule has 2 rings (SSSR count). The first-order valence-electron chi connectivity index (χ1n) is 6.68. The molecule has 0 spiro atoms. The number of nitrogens with zero attached hydrogens (tertiary/aromatic N) is 1. The minimum Gasteiger partial charge on any atom is -0.468 e. The summed E-state index contributed by atoms with van der Waals surface area (Å²) in [7, 11) is 0. The van der Waals surface area contributed by atoms with Crippen LogP contribution in [0.25, 0.3) is 0 Å². The van der Waals surface area contributed by atoms with Crippen LogP contribution in [0.5, 0.6) is 5.88 Å². The SMILES string of the molecule is CC1(C)CCCC1Nc1ccc(OCC(F)(F)F)nc1. The number of hydrogen-bond acceptors (Lipinski definition) is 3. The third-order valence-electron chi connectivity index (χ3n) is 3.72. The van der Waals surface area contributed by atoms with Crippen LogP contribution in [-0.4, -0.2) is 23.8 Å². The first-order valence-corrected chi connectivity index (χ1v) is 6.68. The molecule has 112 valence electrons. The molecular formula is C14H19F3N2O. The molecule has 1 heterocycles. The number of anilines is 1. The van der Waals surface area contributed by atoms with Crippen LogP contribution in [0.2, 0.25) is 0 Å². The molecule has 1 N–H and O–H groups in total. The van der Waals surface area contributed by atoms with Gasteiger partial charge in [0.1, 0.15) is 0 Å². The summed E-state index contributed by atoms with van der Waals surface area (Å²) in [5.74, 6) is -0.0152. The highest BCUT2D eigenvalue weighted by atomic mass is 19.4. The van der Waals surface area contributed by atoms with Crippen molar-refractivity contribution < 1.29 is 17.9 Å². The van der Waals surface area contributed by atoms with Gasteiger partial charge in [-0.15, -0.1) is 0 Å². The van der Waals surface area contributed by atoms with Crippen LogP contribution in [0.4, 0.5) is 18.9 Å². The van der Waals surface area contributed by atoms with Gasteiger partial charge in [-0.25, -0.2) is 4.98 Å². The van der Waals surface area contributed by atoms with Crippen LogP contribution in [0.1, 0.15) is 33.1 Å². The van der Waals surface area contributed by atoms with Crippen molar-refractivity contribution in [2.75, 3.05) is 11.9 Å². The number of pyridine rings is 1. The molecule has 3 nitrogen and oxygen atoms in total. The summed E-state index contributed by atoms with van der Waals surface area (Å²) >= 11 is 0. The Balaban J connectivity index is 1.92. The second-order valence-corrected chi connectivity index (χ2v) is 5.87. The first kappa shape index (κ1) is 14.9. The molecule has 0 amide bonds. The van der Waals surface area contributed by atoms with Crippen molar-refractivity contribution in [1.82, 2.24) is 4.98 Å². The zero-order chi connectivity index (χ0) is 14.8. The molecule has 1 aliphatic rings. The third-order valence-corrected chi connectivity index (χ3v) is 3.72. The number of hydrogen-bond donors (Lipinski definition) is 1. The molecule has 6 heteroatoms. The number of nitrogens with one attached hydrogen (secondary N) is 1. The number of alkyl halides is 3. The molecular weight excluding hydrogens is 269 g/mol. The van der Waals surface area contributed by atoms with E-state index < -0.39 is 12.8 Å². The lowest BCUT2D eigenvalue weighted by Crippen LogP contribution is -2.30. The van der Waals surface area contributed by atoms with Crippen molar-refractivity contribution in [3.05, 3.63) is 18.3 Å². The third kappa shape index (κ3) is 4.02. The number of aromatic nitrogens is 1. The second-order valence-electron chi connectivity index (χ2n) is 5.87. The van der Waals surface area contributed by atoms with E-state index in [1.54, 1.807) is 6.07 Å². The minimum absolute atomic E-state index is 0.0152. The largest absolute Gasteiger partial charge is 0.468 e. The first-order chi connectivity index (χ1) is 9.26. The van der Waals surface area contributed by atoms with Crippen LogP contribution in [-0.2, 0) is 0 Å². The topological polar surface area (TPSA) is 34.1 Å². The Morgan fingerprint density at radius 2 is 2.15 bits per heavy atom. The Hall–Kier alpha value is -1.46. The lowest BCUT2D eigenvalue weighted by atomic mass is 9.87. The van der Waals surface area contributed by atoms with Gasteiger partial charge in [0.25, 0.3) is 0 Å². The van der Waals surface area contributed by atoms with Gasteiger partial charge in [0.2, 0.25) is 5.88 Å². The van der Waals surface area contributed by atoms with Crippen molar-refractivity contribution in [3.8, 4) is 5.88 Å². The Labute approximate surface area is 116 Å². The number of halogens is 3. The fraction of sp³-hybridized carbons (Fsp3) is 0.643. The van der Waals surface area contributed by atoms with Crippen LogP contribution in [0.3, 0.4) is 0 Å². The Kier molecular flexibility index (Phi) is 4.11. The maximum atomic E-state index is 12.0. The maximum absolute atomic E-state index is 12.0. The summed E-state index contributed by atoms with van der Waals surface area (Å²) in [5.41, 5.74) is 1.04. The van der Waals surface area contributed by atoms with Crippen LogP contribution >= 0.6 is 0 Å². The van der Waals surface area contributed by atoms with Crippen molar-refractivity contribution >= 4 is 5.69 Å². The molecule has 0 bridgehead atoms. The monoisotopic (exact) mass is 288 g/mol. The van der Waals surface area contributed by atoms with E-state index in [9.17, 15) is 13.2 Å². The summed E-state index contributed by atoms with van der Waals surface area (Å²) in [6.45, 7) is 3.11. The Morgan fingerprint density at radius 1 is 1.40 bits per heavy atom. The Bertz CT molecular complexity index is 443. The molecule has 20 heavy (non-hydrogen) atoms. The average Bonchev–Trinajstić information content (AvgIpc) is 2.67. The molecule has 1 fully saturated rings. The van der Waals surface area contributed by atoms with Gasteiger partial charge in [0.05, 0.1) is 11.9 Å². The van der Waals surface area contributed by atoms with E-state index in [0.717, 1.165) is 12.1 Å². The van der Waals surface area contributed by atoms with Crippen molar-refractivity contribution in [2.45, 2.75) is 45.3 Å². The van der Waals surface area contributed by atoms with Crippen LogP contribution < -0.4 is 10.1 Å². The molecule has 1 unspecified atom stereocenters. The van der Waals surface area contributed by atoms with Crippen LogP contribution in [0.15, 0.2) is 18.3 Å². The van der Waals surface area contributed by atoms with E-state index in [0.29, 0.717) is 6.04 Å². The van der Waals surface area contributed by atoms with Gasteiger partial charge in [0, 0.05) is 12.1 Å². The quantitative estimate of drug-likeness (QED) is 0.909. The fourth-order valence-electron chi connectivity index (χ4n) is 2.50. The van der Waals surface area contributed by atoms with Gasteiger partial charge >= 0.3 is 6.18 Å². The van der Waals surface area contributed by atoms with E-state index in [1.807, 2.05) is 0 Å². The predicted octanol–water partition coefficient (Wildman–Crippen LogP) is 4.01. The fourth-order valence-corrected chi connectivity index (χ4v) is 2.50. The van der Waals surface area contributed by atoms with Gasteiger partial charge in [-0.05, 0) is 24.3 Å². The summed E-state index contributed by atoms with van der Waals surface area (Å²) < 4.78 is 40.6. The normalized spacial score (nSPS) is 21.8. The van der Waals surface area contributed by atoms with Gasteiger partial charge in [-0.3, -0.25) is 0 Å². The molecule has 1 aliphatic carbocycles. The lowest BCUT2D eigenvalue weighted by molar-refractivity contribution is -0.154.